The predicted octanol–water partition coefficient (Wildman–Crippen LogP) is 3.66. The molecule has 4 rings (SSSR count). The quantitative estimate of drug-likeness (QED) is 0.300. The number of halogens is 1. The Hall–Kier alpha value is -3.00. The van der Waals surface area contributed by atoms with Crippen LogP contribution in [0.5, 0.6) is 0 Å². The van der Waals surface area contributed by atoms with Crippen LogP contribution in [-0.4, -0.2) is 70.2 Å². The second-order valence-electron chi connectivity index (χ2n) is 9.04. The van der Waals surface area contributed by atoms with Gasteiger partial charge in [-0.3, -0.25) is 9.59 Å². The average Bonchev–Trinajstić information content (AvgIpc) is 3.21. The number of rotatable bonds is 7. The lowest BCUT2D eigenvalue weighted by atomic mass is 9.89. The lowest BCUT2D eigenvalue weighted by molar-refractivity contribution is 0.0800. The van der Waals surface area contributed by atoms with E-state index in [4.69, 9.17) is 0 Å². The first-order chi connectivity index (χ1) is 16.0. The third kappa shape index (κ3) is 5.33. The van der Waals surface area contributed by atoms with Gasteiger partial charge in [0, 0.05) is 56.0 Å². The Labute approximate surface area is 193 Å². The van der Waals surface area contributed by atoms with Gasteiger partial charge < -0.3 is 19.6 Å². The number of amides is 1. The molecule has 1 aromatic carbocycles. The standard InChI is InChI=1S/C25H31FN4O3/c1-28-13-10-23(27-33)21-16-30(17-22(21)25(28)32)12-3-2-11-29-14-8-19(9-15-29)24(31)18-4-6-20(26)7-5-18/h4-7,16-17,19,33H,2-3,8-15H2,1H3/b27-23-. The normalized spacial score (nSPS) is 19.0. The molecule has 1 amide bonds. The first-order valence-electron chi connectivity index (χ1n) is 11.6. The van der Waals surface area contributed by atoms with Crippen LogP contribution in [0.3, 0.4) is 0 Å². The summed E-state index contributed by atoms with van der Waals surface area (Å²) in [5.41, 5.74) is 2.47. The fourth-order valence-corrected chi connectivity index (χ4v) is 4.76. The van der Waals surface area contributed by atoms with Crippen molar-refractivity contribution in [3.63, 3.8) is 0 Å². The molecule has 2 aliphatic heterocycles. The number of fused-ring (bicyclic) bond motifs is 1. The maximum Gasteiger partial charge on any atom is 0.255 e. The van der Waals surface area contributed by atoms with Crippen molar-refractivity contribution in [3.05, 3.63) is 59.2 Å². The van der Waals surface area contributed by atoms with E-state index < -0.39 is 0 Å². The molecule has 7 nitrogen and oxygen atoms in total. The monoisotopic (exact) mass is 454 g/mol. The summed E-state index contributed by atoms with van der Waals surface area (Å²) in [6.07, 6.45) is 7.96. The van der Waals surface area contributed by atoms with Crippen LogP contribution in [0.4, 0.5) is 4.39 Å². The molecule has 1 aromatic heterocycles. The van der Waals surface area contributed by atoms with E-state index >= 15 is 0 Å². The molecule has 0 radical (unpaired) electrons. The number of hydrogen-bond acceptors (Lipinski definition) is 5. The van der Waals surface area contributed by atoms with Crippen LogP contribution in [0, 0.1) is 11.7 Å². The lowest BCUT2D eigenvalue weighted by Crippen LogP contribution is -2.37. The minimum atomic E-state index is -0.321. The Bertz CT molecular complexity index is 1020. The molecule has 1 fully saturated rings. The van der Waals surface area contributed by atoms with Crippen LogP contribution in [0.2, 0.25) is 0 Å². The molecule has 0 atom stereocenters. The fourth-order valence-electron chi connectivity index (χ4n) is 4.76. The maximum absolute atomic E-state index is 13.1. The number of oxime groups is 1. The van der Waals surface area contributed by atoms with Gasteiger partial charge in [0.2, 0.25) is 0 Å². The molecule has 33 heavy (non-hydrogen) atoms. The number of piperidine rings is 1. The second kappa shape index (κ2) is 10.3. The van der Waals surface area contributed by atoms with E-state index in [9.17, 15) is 19.2 Å². The topological polar surface area (TPSA) is 78.1 Å². The SMILES string of the molecule is CN1CC/C(=N/O)c2cn(CCCCN3CCC(C(=O)c4ccc(F)cc4)CC3)cc2C1=O. The molecular weight excluding hydrogens is 423 g/mol. The van der Waals surface area contributed by atoms with E-state index in [2.05, 4.69) is 10.1 Å². The van der Waals surface area contributed by atoms with Crippen LogP contribution in [0.25, 0.3) is 0 Å². The summed E-state index contributed by atoms with van der Waals surface area (Å²) in [7, 11) is 1.76. The summed E-state index contributed by atoms with van der Waals surface area (Å²) >= 11 is 0. The number of carbonyl (C=O) groups is 2. The van der Waals surface area contributed by atoms with Crippen molar-refractivity contribution >= 4 is 17.4 Å². The summed E-state index contributed by atoms with van der Waals surface area (Å²) in [6, 6.07) is 5.84. The second-order valence-corrected chi connectivity index (χ2v) is 9.04. The number of carbonyl (C=O) groups excluding carboxylic acids is 2. The van der Waals surface area contributed by atoms with Crippen molar-refractivity contribution in [1.82, 2.24) is 14.4 Å². The molecule has 0 spiro atoms. The highest BCUT2D eigenvalue weighted by atomic mass is 19.1. The summed E-state index contributed by atoms with van der Waals surface area (Å²) in [6.45, 7) is 4.10. The number of ketones is 1. The predicted molar refractivity (Wildman–Crippen MR) is 123 cm³/mol. The summed E-state index contributed by atoms with van der Waals surface area (Å²) in [5.74, 6) is -0.230. The van der Waals surface area contributed by atoms with Crippen molar-refractivity contribution in [3.8, 4) is 0 Å². The first-order valence-corrected chi connectivity index (χ1v) is 11.6. The van der Waals surface area contributed by atoms with E-state index in [0.717, 1.165) is 57.4 Å². The smallest absolute Gasteiger partial charge is 0.255 e. The molecule has 8 heteroatoms. The van der Waals surface area contributed by atoms with Crippen molar-refractivity contribution in [2.45, 2.75) is 38.6 Å². The van der Waals surface area contributed by atoms with E-state index in [1.807, 2.05) is 17.0 Å². The zero-order chi connectivity index (χ0) is 23.4. The number of hydrogen-bond donors (Lipinski definition) is 1. The van der Waals surface area contributed by atoms with E-state index in [1.54, 1.807) is 24.1 Å². The van der Waals surface area contributed by atoms with E-state index in [0.29, 0.717) is 29.8 Å². The minimum absolute atomic E-state index is 0.0139. The van der Waals surface area contributed by atoms with Gasteiger partial charge in [-0.25, -0.2) is 4.39 Å². The van der Waals surface area contributed by atoms with Crippen molar-refractivity contribution < 1.29 is 19.2 Å². The van der Waals surface area contributed by atoms with E-state index in [-0.39, 0.29) is 23.4 Å². The summed E-state index contributed by atoms with van der Waals surface area (Å²) in [5, 5.41) is 12.7. The Morgan fingerprint density at radius 3 is 2.42 bits per heavy atom. The van der Waals surface area contributed by atoms with Gasteiger partial charge in [-0.1, -0.05) is 5.16 Å². The van der Waals surface area contributed by atoms with Crippen LogP contribution in [0.1, 0.15) is 58.4 Å². The highest BCUT2D eigenvalue weighted by Gasteiger charge is 2.27. The highest BCUT2D eigenvalue weighted by Crippen LogP contribution is 2.23. The maximum atomic E-state index is 13.1. The van der Waals surface area contributed by atoms with Crippen molar-refractivity contribution in [2.75, 3.05) is 33.2 Å². The molecule has 0 bridgehead atoms. The number of unbranched alkanes of at least 4 members (excludes halogenated alkanes) is 1. The van der Waals surface area contributed by atoms with Gasteiger partial charge in [0.1, 0.15) is 5.82 Å². The summed E-state index contributed by atoms with van der Waals surface area (Å²) < 4.78 is 15.1. The van der Waals surface area contributed by atoms with Gasteiger partial charge >= 0.3 is 0 Å². The molecule has 176 valence electrons. The third-order valence-corrected chi connectivity index (χ3v) is 6.80. The van der Waals surface area contributed by atoms with Crippen molar-refractivity contribution in [1.29, 1.82) is 0 Å². The average molecular weight is 455 g/mol. The van der Waals surface area contributed by atoms with Gasteiger partial charge in [0.25, 0.3) is 5.91 Å². The largest absolute Gasteiger partial charge is 0.411 e. The molecular formula is C25H31FN4O3. The van der Waals surface area contributed by atoms with Gasteiger partial charge in [-0.15, -0.1) is 0 Å². The number of aryl methyl sites for hydroxylation is 1. The number of aromatic nitrogens is 1. The van der Waals surface area contributed by atoms with Crippen LogP contribution in [0.15, 0.2) is 41.8 Å². The van der Waals surface area contributed by atoms with Gasteiger partial charge in [-0.05, 0) is 69.6 Å². The third-order valence-electron chi connectivity index (χ3n) is 6.80. The molecule has 2 aromatic rings. The number of Topliss-reactive ketones (excluding diaryl/α,β-unsaturated/α-hetero) is 1. The van der Waals surface area contributed by atoms with Crippen molar-refractivity contribution in [2.24, 2.45) is 11.1 Å². The number of likely N-dealkylation sites (tertiary alicyclic amines) is 1. The van der Waals surface area contributed by atoms with Crippen LogP contribution in [-0.2, 0) is 6.54 Å². The number of benzene rings is 1. The molecule has 0 saturated carbocycles. The molecule has 3 heterocycles. The zero-order valence-corrected chi connectivity index (χ0v) is 19.0. The Balaban J connectivity index is 1.23. The molecule has 1 N–H and O–H groups in total. The van der Waals surface area contributed by atoms with Gasteiger partial charge in [0.05, 0.1) is 11.3 Å². The Kier molecular flexibility index (Phi) is 7.23. The fraction of sp³-hybridized carbons (Fsp3) is 0.480. The molecule has 1 saturated heterocycles. The van der Waals surface area contributed by atoms with E-state index in [1.165, 1.54) is 12.1 Å². The number of nitrogens with zero attached hydrogens (tertiary/aromatic N) is 4. The van der Waals surface area contributed by atoms with Gasteiger partial charge in [-0.2, -0.15) is 0 Å². The van der Waals surface area contributed by atoms with Crippen LogP contribution < -0.4 is 0 Å². The summed E-state index contributed by atoms with van der Waals surface area (Å²) in [4.78, 5) is 29.2. The van der Waals surface area contributed by atoms with Crippen LogP contribution >= 0.6 is 0 Å². The highest BCUT2D eigenvalue weighted by molar-refractivity contribution is 6.11. The lowest BCUT2D eigenvalue weighted by Gasteiger charge is -2.31. The molecule has 2 aliphatic rings. The Morgan fingerprint density at radius 1 is 1.06 bits per heavy atom. The minimum Gasteiger partial charge on any atom is -0.411 e. The zero-order valence-electron chi connectivity index (χ0n) is 19.0. The molecule has 0 aliphatic carbocycles. The molecule has 0 unspecified atom stereocenters. The van der Waals surface area contributed by atoms with Gasteiger partial charge in [0.15, 0.2) is 5.78 Å². The first kappa shape index (κ1) is 23.2. The Morgan fingerprint density at radius 2 is 1.73 bits per heavy atom.